The third-order valence-electron chi connectivity index (χ3n) is 3.29. The van der Waals surface area contributed by atoms with Gasteiger partial charge in [0.1, 0.15) is 0 Å². The third kappa shape index (κ3) is 2.40. The van der Waals surface area contributed by atoms with Gasteiger partial charge in [-0.1, -0.05) is 35.5 Å². The molecule has 5 nitrogen and oxygen atoms in total. The maximum Gasteiger partial charge on any atom is 0.212 e. The van der Waals surface area contributed by atoms with E-state index in [0.717, 1.165) is 38.6 Å². The molecule has 0 amide bonds. The molecule has 0 saturated carbocycles. The number of hydrogen-bond donors (Lipinski definition) is 0. The van der Waals surface area contributed by atoms with Crippen LogP contribution in [0.25, 0.3) is 11.4 Å². The summed E-state index contributed by atoms with van der Waals surface area (Å²) in [6, 6.07) is 11.5. The van der Waals surface area contributed by atoms with E-state index in [2.05, 4.69) is 15.2 Å². The lowest BCUT2D eigenvalue weighted by atomic mass is 10.1. The first-order chi connectivity index (χ1) is 10.8. The monoisotopic (exact) mass is 327 g/mol. The molecule has 1 aromatic carbocycles. The number of rotatable bonds is 2. The van der Waals surface area contributed by atoms with E-state index in [1.165, 1.54) is 0 Å². The molecular weight excluding hydrogens is 318 g/mol. The van der Waals surface area contributed by atoms with Crippen LogP contribution in [0.3, 0.4) is 0 Å². The summed E-state index contributed by atoms with van der Waals surface area (Å²) in [6.45, 7) is 0. The summed E-state index contributed by atoms with van der Waals surface area (Å²) in [5.74, 6) is 1.48. The number of thioether (sulfide) groups is 1. The molecule has 4 rings (SSSR count). The van der Waals surface area contributed by atoms with Crippen LogP contribution in [0.15, 0.2) is 59.0 Å². The predicted octanol–water partition coefficient (Wildman–Crippen LogP) is 3.35. The topological polar surface area (TPSA) is 56.0 Å². The molecule has 3 aromatic rings. The van der Waals surface area contributed by atoms with Crippen molar-refractivity contribution in [1.29, 1.82) is 0 Å². The van der Waals surface area contributed by atoms with E-state index in [1.807, 2.05) is 36.4 Å². The fraction of sp³-hybridized carbons (Fsp3) is 0.0667. The number of aromatic nitrogens is 4. The fourth-order valence-corrected chi connectivity index (χ4v) is 3.16. The maximum atomic E-state index is 5.94. The van der Waals surface area contributed by atoms with Gasteiger partial charge in [0.2, 0.25) is 5.16 Å². The predicted molar refractivity (Wildman–Crippen MR) is 87.4 cm³/mol. The molecule has 2 aromatic heterocycles. The minimum atomic E-state index is 0.718. The molecule has 0 bridgehead atoms. The molecule has 0 fully saturated rings. The van der Waals surface area contributed by atoms with E-state index in [0.29, 0.717) is 0 Å². The van der Waals surface area contributed by atoms with Crippen molar-refractivity contribution >= 4 is 29.1 Å². The van der Waals surface area contributed by atoms with E-state index >= 15 is 0 Å². The summed E-state index contributed by atoms with van der Waals surface area (Å²) in [6.07, 6.45) is 3.47. The van der Waals surface area contributed by atoms with Crippen LogP contribution in [0, 0.1) is 0 Å². The van der Waals surface area contributed by atoms with Crippen LogP contribution in [0.1, 0.15) is 5.56 Å². The zero-order valence-corrected chi connectivity index (χ0v) is 12.9. The molecule has 1 aliphatic heterocycles. The Morgan fingerprint density at radius 1 is 0.955 bits per heavy atom. The maximum absolute atomic E-state index is 5.94. The Labute approximate surface area is 136 Å². The highest BCUT2D eigenvalue weighted by Gasteiger charge is 2.20. The van der Waals surface area contributed by atoms with E-state index in [9.17, 15) is 0 Å². The highest BCUT2D eigenvalue weighted by Crippen LogP contribution is 2.28. The van der Waals surface area contributed by atoms with E-state index in [-0.39, 0.29) is 0 Å². The van der Waals surface area contributed by atoms with E-state index < -0.39 is 0 Å². The van der Waals surface area contributed by atoms with Crippen molar-refractivity contribution in [1.82, 2.24) is 19.9 Å². The molecule has 0 spiro atoms. The zero-order chi connectivity index (χ0) is 14.9. The Kier molecular flexibility index (Phi) is 3.40. The molecule has 0 saturated heterocycles. The highest BCUT2D eigenvalue weighted by molar-refractivity contribution is 7.99. The van der Waals surface area contributed by atoms with E-state index in [1.54, 1.807) is 28.8 Å². The summed E-state index contributed by atoms with van der Waals surface area (Å²) >= 11 is 7.56. The zero-order valence-electron chi connectivity index (χ0n) is 11.3. The van der Waals surface area contributed by atoms with Gasteiger partial charge in [-0.3, -0.25) is 4.98 Å². The fourth-order valence-electron chi connectivity index (χ4n) is 2.19. The summed E-state index contributed by atoms with van der Waals surface area (Å²) in [5, 5.41) is 14.7. The van der Waals surface area contributed by atoms with Crippen molar-refractivity contribution in [3.8, 4) is 11.4 Å². The molecule has 0 N–H and O–H groups in total. The minimum Gasteiger partial charge on any atom is -0.265 e. The Balaban J connectivity index is 1.79. The molecule has 0 atom stereocenters. The first kappa shape index (κ1) is 13.5. The number of pyridine rings is 1. The standard InChI is InChI=1S/C15H10ClN5S/c16-12-3-1-10(2-4-12)13-9-22-15-19-18-14(21(15)20-13)11-5-7-17-8-6-11/h1-8H,9H2. The number of halogens is 1. The van der Waals surface area contributed by atoms with Crippen molar-refractivity contribution in [2.45, 2.75) is 5.16 Å². The number of benzene rings is 1. The number of nitrogens with zero attached hydrogens (tertiary/aromatic N) is 5. The molecule has 0 aliphatic carbocycles. The summed E-state index contributed by atoms with van der Waals surface area (Å²) in [4.78, 5) is 4.03. The third-order valence-corrected chi connectivity index (χ3v) is 4.47. The van der Waals surface area contributed by atoms with Gasteiger partial charge in [-0.15, -0.1) is 10.2 Å². The molecule has 1 aliphatic rings. The SMILES string of the molecule is Clc1ccc(C2=Nn3c(nnc3-c3ccncc3)SC2)cc1. The van der Waals surface area contributed by atoms with Crippen LogP contribution >= 0.6 is 23.4 Å². The molecular formula is C15H10ClN5S. The summed E-state index contributed by atoms with van der Waals surface area (Å²) in [7, 11) is 0. The first-order valence-corrected chi connectivity index (χ1v) is 8.00. The lowest BCUT2D eigenvalue weighted by molar-refractivity contribution is 0.762. The lowest BCUT2D eigenvalue weighted by Gasteiger charge is -2.13. The summed E-state index contributed by atoms with van der Waals surface area (Å²) < 4.78 is 1.79. The number of fused-ring (bicyclic) bond motifs is 1. The Morgan fingerprint density at radius 3 is 2.50 bits per heavy atom. The van der Waals surface area contributed by atoms with Gasteiger partial charge in [0.15, 0.2) is 5.82 Å². The van der Waals surface area contributed by atoms with E-state index in [4.69, 9.17) is 16.7 Å². The van der Waals surface area contributed by atoms with Crippen LogP contribution < -0.4 is 0 Å². The van der Waals surface area contributed by atoms with Gasteiger partial charge in [-0.25, -0.2) is 0 Å². The Morgan fingerprint density at radius 2 is 1.73 bits per heavy atom. The Bertz CT molecular complexity index is 842. The molecule has 3 heterocycles. The van der Waals surface area contributed by atoms with Gasteiger partial charge >= 0.3 is 0 Å². The smallest absolute Gasteiger partial charge is 0.212 e. The molecule has 0 radical (unpaired) electrons. The highest BCUT2D eigenvalue weighted by atomic mass is 35.5. The number of hydrogen-bond acceptors (Lipinski definition) is 5. The van der Waals surface area contributed by atoms with Gasteiger partial charge in [-0.05, 0) is 29.8 Å². The lowest BCUT2D eigenvalue weighted by Crippen LogP contribution is -2.13. The normalized spacial score (nSPS) is 13.6. The van der Waals surface area contributed by atoms with Crippen molar-refractivity contribution < 1.29 is 0 Å². The second-order valence-corrected chi connectivity index (χ2v) is 6.08. The first-order valence-electron chi connectivity index (χ1n) is 6.64. The largest absolute Gasteiger partial charge is 0.265 e. The van der Waals surface area contributed by atoms with Crippen LogP contribution in [0.5, 0.6) is 0 Å². The van der Waals surface area contributed by atoms with Crippen LogP contribution in [-0.4, -0.2) is 31.3 Å². The molecule has 22 heavy (non-hydrogen) atoms. The van der Waals surface area contributed by atoms with Gasteiger partial charge in [0.05, 0.1) is 5.71 Å². The van der Waals surface area contributed by atoms with Crippen molar-refractivity contribution in [3.05, 3.63) is 59.4 Å². The van der Waals surface area contributed by atoms with Gasteiger partial charge in [-0.2, -0.15) is 9.78 Å². The van der Waals surface area contributed by atoms with Crippen molar-refractivity contribution in [2.75, 3.05) is 5.75 Å². The minimum absolute atomic E-state index is 0.718. The van der Waals surface area contributed by atoms with Crippen LogP contribution in [-0.2, 0) is 0 Å². The van der Waals surface area contributed by atoms with Crippen molar-refractivity contribution in [2.24, 2.45) is 5.10 Å². The molecule has 108 valence electrons. The second kappa shape index (κ2) is 5.55. The van der Waals surface area contributed by atoms with Crippen molar-refractivity contribution in [3.63, 3.8) is 0 Å². The average molecular weight is 328 g/mol. The van der Waals surface area contributed by atoms with Gasteiger partial charge in [0.25, 0.3) is 0 Å². The molecule has 7 heteroatoms. The summed E-state index contributed by atoms with van der Waals surface area (Å²) in [5.41, 5.74) is 2.97. The van der Waals surface area contributed by atoms with Crippen LogP contribution in [0.2, 0.25) is 5.02 Å². The van der Waals surface area contributed by atoms with Gasteiger partial charge in [0, 0.05) is 28.7 Å². The van der Waals surface area contributed by atoms with Crippen LogP contribution in [0.4, 0.5) is 0 Å². The second-order valence-electron chi connectivity index (χ2n) is 4.70. The Hall–Kier alpha value is -2.18. The average Bonchev–Trinajstić information content (AvgIpc) is 2.99. The quantitative estimate of drug-likeness (QED) is 0.724. The molecule has 0 unspecified atom stereocenters. The van der Waals surface area contributed by atoms with Gasteiger partial charge < -0.3 is 0 Å².